The van der Waals surface area contributed by atoms with Crippen LogP contribution in [0.15, 0.2) is 53.5 Å². The van der Waals surface area contributed by atoms with Gasteiger partial charge in [-0.1, -0.05) is 12.1 Å². The predicted molar refractivity (Wildman–Crippen MR) is 141 cm³/mol. The molecule has 0 bridgehead atoms. The van der Waals surface area contributed by atoms with E-state index in [9.17, 15) is 18.4 Å². The molecule has 1 saturated heterocycles. The number of nitrogens with zero attached hydrogens (tertiary/aromatic N) is 6. The number of likely N-dealkylation sites (tertiary alicyclic amines) is 1. The molecule has 0 radical (unpaired) electrons. The van der Waals surface area contributed by atoms with E-state index in [1.54, 1.807) is 48.2 Å². The highest BCUT2D eigenvalue weighted by Crippen LogP contribution is 2.34. The van der Waals surface area contributed by atoms with Gasteiger partial charge in [-0.05, 0) is 42.8 Å². The van der Waals surface area contributed by atoms with Gasteiger partial charge in [-0.25, -0.2) is 14.5 Å². The van der Waals surface area contributed by atoms with Crippen LogP contribution in [-0.4, -0.2) is 56.6 Å². The number of rotatable bonds is 6. The third-order valence-corrected chi connectivity index (χ3v) is 6.92. The second kappa shape index (κ2) is 11.1. The number of benzene rings is 2. The Hall–Kier alpha value is -4.79. The van der Waals surface area contributed by atoms with Gasteiger partial charge in [0.15, 0.2) is 0 Å². The first-order chi connectivity index (χ1) is 19.3. The number of nitriles is 1. The van der Waals surface area contributed by atoms with Crippen LogP contribution in [0.25, 0.3) is 22.2 Å². The lowest BCUT2D eigenvalue weighted by atomic mass is 10.1. The number of hydrogen-bond acceptors (Lipinski definition) is 7. The van der Waals surface area contributed by atoms with E-state index in [-0.39, 0.29) is 23.9 Å². The van der Waals surface area contributed by atoms with Crippen molar-refractivity contribution in [3.8, 4) is 23.1 Å². The highest BCUT2D eigenvalue weighted by atomic mass is 19.3. The minimum absolute atomic E-state index is 0.252. The number of carbonyl (C=O) groups is 1. The molecule has 1 fully saturated rings. The molecule has 2 aromatic carbocycles. The lowest BCUT2D eigenvalue weighted by molar-refractivity contribution is 0.0567. The normalized spacial score (nSPS) is 13.9. The van der Waals surface area contributed by atoms with Crippen LogP contribution in [-0.2, 0) is 11.3 Å². The summed E-state index contributed by atoms with van der Waals surface area (Å²) in [4.78, 5) is 31.7. The number of amides is 1. The van der Waals surface area contributed by atoms with Crippen molar-refractivity contribution in [3.63, 3.8) is 0 Å². The standard InChI is InChI=1S/C28H26F2N6O4/c1-17-32-24-13-21(23-9-12-36(33-23)27(29)30)25(40-20-7-10-34(11-8-20)28(38)39-2)14-22(24)26(37)35(17)16-19-5-3-18(15-31)4-6-19/h3-6,9,12-14,20,27H,7-8,10-11,16H2,1-2H3. The van der Waals surface area contributed by atoms with E-state index in [0.717, 1.165) is 5.56 Å². The Bertz CT molecular complexity index is 1650. The molecule has 5 rings (SSSR count). The molecule has 2 aromatic heterocycles. The largest absolute Gasteiger partial charge is 0.490 e. The van der Waals surface area contributed by atoms with Gasteiger partial charge in [-0.2, -0.15) is 19.1 Å². The maximum Gasteiger partial charge on any atom is 0.409 e. The van der Waals surface area contributed by atoms with E-state index >= 15 is 0 Å². The molecule has 0 spiro atoms. The number of methoxy groups -OCH3 is 1. The molecule has 40 heavy (non-hydrogen) atoms. The summed E-state index contributed by atoms with van der Waals surface area (Å²) in [7, 11) is 1.33. The number of aromatic nitrogens is 4. The fraction of sp³-hybridized carbons (Fsp3) is 0.321. The van der Waals surface area contributed by atoms with Crippen molar-refractivity contribution in [2.24, 2.45) is 0 Å². The summed E-state index contributed by atoms with van der Waals surface area (Å²) >= 11 is 0. The molecule has 1 aliphatic heterocycles. The monoisotopic (exact) mass is 548 g/mol. The Balaban J connectivity index is 1.54. The van der Waals surface area contributed by atoms with E-state index in [4.69, 9.17) is 14.7 Å². The smallest absolute Gasteiger partial charge is 0.409 e. The average Bonchev–Trinajstić information content (AvgIpc) is 3.46. The number of carbonyl (C=O) groups excluding carboxylic acids is 1. The molecule has 12 heteroatoms. The fourth-order valence-electron chi connectivity index (χ4n) is 4.77. The SMILES string of the molecule is COC(=O)N1CCC(Oc2cc3c(=O)n(Cc4ccc(C#N)cc4)c(C)nc3cc2-c2ccn(C(F)F)n2)CC1. The molecule has 1 aliphatic rings. The quantitative estimate of drug-likeness (QED) is 0.349. The summed E-state index contributed by atoms with van der Waals surface area (Å²) in [6.07, 6.45) is 1.53. The van der Waals surface area contributed by atoms with Crippen LogP contribution in [0.1, 0.15) is 36.3 Å². The maximum absolute atomic E-state index is 13.7. The maximum atomic E-state index is 13.7. The lowest BCUT2D eigenvalue weighted by Gasteiger charge is -2.31. The molecule has 206 valence electrons. The molecule has 0 N–H and O–H groups in total. The third kappa shape index (κ3) is 5.36. The van der Waals surface area contributed by atoms with Crippen LogP contribution in [0.4, 0.5) is 13.6 Å². The van der Waals surface area contributed by atoms with Crippen LogP contribution in [0, 0.1) is 18.3 Å². The molecule has 0 aliphatic carbocycles. The van der Waals surface area contributed by atoms with Gasteiger partial charge in [0.25, 0.3) is 5.56 Å². The predicted octanol–water partition coefficient (Wildman–Crippen LogP) is 4.49. The van der Waals surface area contributed by atoms with Crippen molar-refractivity contribution in [1.29, 1.82) is 5.26 Å². The molecule has 0 unspecified atom stereocenters. The Morgan fingerprint density at radius 2 is 1.90 bits per heavy atom. The Labute approximate surface area is 228 Å². The van der Waals surface area contributed by atoms with E-state index < -0.39 is 12.6 Å². The van der Waals surface area contributed by atoms with Crippen LogP contribution >= 0.6 is 0 Å². The van der Waals surface area contributed by atoms with E-state index in [0.29, 0.717) is 64.2 Å². The van der Waals surface area contributed by atoms with Gasteiger partial charge in [-0.15, -0.1) is 0 Å². The van der Waals surface area contributed by atoms with Crippen molar-refractivity contribution in [3.05, 3.63) is 76.0 Å². The van der Waals surface area contributed by atoms with Crippen LogP contribution in [0.3, 0.4) is 0 Å². The second-order valence-corrected chi connectivity index (χ2v) is 9.46. The van der Waals surface area contributed by atoms with Gasteiger partial charge < -0.3 is 14.4 Å². The van der Waals surface area contributed by atoms with Crippen LogP contribution in [0.2, 0.25) is 0 Å². The summed E-state index contributed by atoms with van der Waals surface area (Å²) in [6, 6.07) is 13.7. The van der Waals surface area contributed by atoms with E-state index in [2.05, 4.69) is 16.2 Å². The van der Waals surface area contributed by atoms with Gasteiger partial charge in [0, 0.05) is 37.7 Å². The van der Waals surface area contributed by atoms with Crippen molar-refractivity contribution in [2.45, 2.75) is 39.0 Å². The number of fused-ring (bicyclic) bond motifs is 1. The number of ether oxygens (including phenoxy) is 2. The summed E-state index contributed by atoms with van der Waals surface area (Å²) in [6.45, 7) is 0.0182. The molecule has 0 saturated carbocycles. The van der Waals surface area contributed by atoms with Crippen molar-refractivity contribution in [1.82, 2.24) is 24.2 Å². The zero-order valence-corrected chi connectivity index (χ0v) is 21.9. The van der Waals surface area contributed by atoms with Crippen molar-refractivity contribution < 1.29 is 23.0 Å². The van der Waals surface area contributed by atoms with E-state index in [1.807, 2.05) is 0 Å². The zero-order chi connectivity index (χ0) is 28.4. The van der Waals surface area contributed by atoms with Crippen LogP contribution in [0.5, 0.6) is 5.75 Å². The average molecular weight is 549 g/mol. The number of aryl methyl sites for hydroxylation is 1. The Morgan fingerprint density at radius 3 is 2.52 bits per heavy atom. The number of alkyl halides is 2. The van der Waals surface area contributed by atoms with Gasteiger partial charge >= 0.3 is 12.6 Å². The number of hydrogen-bond donors (Lipinski definition) is 0. The van der Waals surface area contributed by atoms with Gasteiger partial charge in [0.2, 0.25) is 0 Å². The number of halogens is 2. The Kier molecular flexibility index (Phi) is 7.46. The molecular formula is C28H26F2N6O4. The summed E-state index contributed by atoms with van der Waals surface area (Å²) in [5.74, 6) is 0.783. The van der Waals surface area contributed by atoms with Crippen LogP contribution < -0.4 is 10.3 Å². The third-order valence-electron chi connectivity index (χ3n) is 6.92. The number of piperidine rings is 1. The minimum Gasteiger partial charge on any atom is -0.490 e. The van der Waals surface area contributed by atoms with Gasteiger partial charge in [0.1, 0.15) is 17.7 Å². The topological polar surface area (TPSA) is 115 Å². The molecule has 3 heterocycles. The first-order valence-electron chi connectivity index (χ1n) is 12.6. The zero-order valence-electron chi connectivity index (χ0n) is 21.9. The first-order valence-corrected chi connectivity index (χ1v) is 12.6. The molecule has 0 atom stereocenters. The first kappa shape index (κ1) is 26.8. The molecule has 1 amide bonds. The highest BCUT2D eigenvalue weighted by molar-refractivity contribution is 5.87. The van der Waals surface area contributed by atoms with Gasteiger partial charge in [-0.3, -0.25) is 9.36 Å². The molecule has 10 nitrogen and oxygen atoms in total. The van der Waals surface area contributed by atoms with Crippen molar-refractivity contribution in [2.75, 3.05) is 20.2 Å². The van der Waals surface area contributed by atoms with Gasteiger partial charge in [0.05, 0.1) is 41.9 Å². The molecular weight excluding hydrogens is 522 g/mol. The summed E-state index contributed by atoms with van der Waals surface area (Å²) < 4.78 is 39.8. The fourth-order valence-corrected chi connectivity index (χ4v) is 4.77. The molecule has 4 aromatic rings. The van der Waals surface area contributed by atoms with Crippen molar-refractivity contribution >= 4 is 17.0 Å². The summed E-state index contributed by atoms with van der Waals surface area (Å²) in [5.41, 5.74) is 2.12. The lowest BCUT2D eigenvalue weighted by Crippen LogP contribution is -2.41. The Morgan fingerprint density at radius 1 is 1.18 bits per heavy atom. The second-order valence-electron chi connectivity index (χ2n) is 9.46. The summed E-state index contributed by atoms with van der Waals surface area (Å²) in [5, 5.41) is 13.4. The highest BCUT2D eigenvalue weighted by Gasteiger charge is 2.26. The minimum atomic E-state index is -2.81. The van der Waals surface area contributed by atoms with E-state index in [1.165, 1.54) is 23.9 Å².